The van der Waals surface area contributed by atoms with Crippen LogP contribution in [0.1, 0.15) is 62.3 Å². The van der Waals surface area contributed by atoms with Gasteiger partial charge in [0.2, 0.25) is 0 Å². The SMILES string of the molecule is CCc1cc2c(c(CC)c1O)[C@@H](O)CC1(CCC1)O2. The van der Waals surface area contributed by atoms with Crippen LogP contribution in [0.4, 0.5) is 0 Å². The predicted octanol–water partition coefficient (Wildman–Crippen LogP) is 3.26. The minimum Gasteiger partial charge on any atom is -0.507 e. The van der Waals surface area contributed by atoms with Gasteiger partial charge in [0.25, 0.3) is 0 Å². The number of hydrogen-bond acceptors (Lipinski definition) is 3. The van der Waals surface area contributed by atoms with Crippen molar-refractivity contribution in [3.8, 4) is 11.5 Å². The average molecular weight is 262 g/mol. The fourth-order valence-electron chi connectivity index (χ4n) is 3.46. The zero-order chi connectivity index (χ0) is 13.6. The van der Waals surface area contributed by atoms with Crippen molar-refractivity contribution in [3.05, 3.63) is 22.8 Å². The molecule has 1 atom stereocenters. The quantitative estimate of drug-likeness (QED) is 0.860. The van der Waals surface area contributed by atoms with Gasteiger partial charge in [0.15, 0.2) is 0 Å². The molecule has 1 aromatic rings. The highest BCUT2D eigenvalue weighted by molar-refractivity contribution is 5.55. The second-order valence-electron chi connectivity index (χ2n) is 5.84. The number of rotatable bonds is 2. The third-order valence-corrected chi connectivity index (χ3v) is 4.71. The molecule has 0 aromatic heterocycles. The number of aryl methyl sites for hydroxylation is 1. The maximum absolute atomic E-state index is 10.5. The van der Waals surface area contributed by atoms with E-state index < -0.39 is 6.10 Å². The molecule has 0 bridgehead atoms. The van der Waals surface area contributed by atoms with E-state index in [1.54, 1.807) is 0 Å². The van der Waals surface area contributed by atoms with Gasteiger partial charge >= 0.3 is 0 Å². The van der Waals surface area contributed by atoms with Gasteiger partial charge < -0.3 is 14.9 Å². The number of benzene rings is 1. The van der Waals surface area contributed by atoms with Crippen LogP contribution in [0, 0.1) is 0 Å². The molecule has 1 saturated carbocycles. The van der Waals surface area contributed by atoms with Crippen molar-refractivity contribution in [2.24, 2.45) is 0 Å². The molecule has 2 N–H and O–H groups in total. The van der Waals surface area contributed by atoms with Crippen LogP contribution in [0.5, 0.6) is 11.5 Å². The molecular weight excluding hydrogens is 240 g/mol. The van der Waals surface area contributed by atoms with Crippen LogP contribution in [-0.2, 0) is 12.8 Å². The highest BCUT2D eigenvalue weighted by Crippen LogP contribution is 2.51. The number of aromatic hydroxyl groups is 1. The van der Waals surface area contributed by atoms with Gasteiger partial charge in [0.05, 0.1) is 6.10 Å². The van der Waals surface area contributed by atoms with E-state index in [1.807, 2.05) is 19.9 Å². The van der Waals surface area contributed by atoms with E-state index in [1.165, 1.54) is 6.42 Å². The van der Waals surface area contributed by atoms with Gasteiger partial charge in [-0.2, -0.15) is 0 Å². The van der Waals surface area contributed by atoms with Gasteiger partial charge in [-0.05, 0) is 43.7 Å². The fourth-order valence-corrected chi connectivity index (χ4v) is 3.46. The number of phenolic OH excluding ortho intramolecular Hbond substituents is 1. The summed E-state index contributed by atoms with van der Waals surface area (Å²) in [4.78, 5) is 0. The lowest BCUT2D eigenvalue weighted by atomic mass is 9.73. The first-order valence-electron chi connectivity index (χ1n) is 7.35. The third-order valence-electron chi connectivity index (χ3n) is 4.71. The molecule has 1 aromatic carbocycles. The lowest BCUT2D eigenvalue weighted by Gasteiger charge is -2.47. The first kappa shape index (κ1) is 12.8. The first-order valence-corrected chi connectivity index (χ1v) is 7.35. The molecular formula is C16H22O3. The maximum atomic E-state index is 10.5. The van der Waals surface area contributed by atoms with Crippen LogP contribution < -0.4 is 4.74 Å². The minimum atomic E-state index is -0.504. The largest absolute Gasteiger partial charge is 0.507 e. The Balaban J connectivity index is 2.12. The van der Waals surface area contributed by atoms with Gasteiger partial charge in [0.1, 0.15) is 17.1 Å². The molecule has 3 rings (SSSR count). The number of phenols is 1. The number of aliphatic hydroxyl groups is 1. The van der Waals surface area contributed by atoms with E-state index in [4.69, 9.17) is 4.74 Å². The summed E-state index contributed by atoms with van der Waals surface area (Å²) in [7, 11) is 0. The topological polar surface area (TPSA) is 49.7 Å². The third kappa shape index (κ3) is 1.83. The smallest absolute Gasteiger partial charge is 0.126 e. The lowest BCUT2D eigenvalue weighted by molar-refractivity contribution is -0.0668. The van der Waals surface area contributed by atoms with Crippen LogP contribution >= 0.6 is 0 Å². The maximum Gasteiger partial charge on any atom is 0.126 e. The molecule has 1 aliphatic heterocycles. The number of hydrogen-bond donors (Lipinski definition) is 2. The molecule has 3 nitrogen and oxygen atoms in total. The van der Waals surface area contributed by atoms with Crippen LogP contribution in [-0.4, -0.2) is 15.8 Å². The van der Waals surface area contributed by atoms with Crippen molar-refractivity contribution in [1.82, 2.24) is 0 Å². The summed E-state index contributed by atoms with van der Waals surface area (Å²) in [5.74, 6) is 1.14. The van der Waals surface area contributed by atoms with Crippen molar-refractivity contribution in [1.29, 1.82) is 0 Å². The average Bonchev–Trinajstić information content (AvgIpc) is 2.36. The van der Waals surface area contributed by atoms with Crippen molar-refractivity contribution in [2.75, 3.05) is 0 Å². The van der Waals surface area contributed by atoms with E-state index >= 15 is 0 Å². The molecule has 0 amide bonds. The van der Waals surface area contributed by atoms with Gasteiger partial charge in [-0.3, -0.25) is 0 Å². The van der Waals surface area contributed by atoms with E-state index in [0.717, 1.165) is 48.1 Å². The Morgan fingerprint density at radius 1 is 1.32 bits per heavy atom. The summed E-state index contributed by atoms with van der Waals surface area (Å²) in [6, 6.07) is 1.92. The van der Waals surface area contributed by atoms with Gasteiger partial charge in [-0.1, -0.05) is 13.8 Å². The monoisotopic (exact) mass is 262 g/mol. The van der Waals surface area contributed by atoms with Crippen LogP contribution in [0.2, 0.25) is 0 Å². The molecule has 0 radical (unpaired) electrons. The molecule has 1 heterocycles. The summed E-state index contributed by atoms with van der Waals surface area (Å²) < 4.78 is 6.19. The zero-order valence-electron chi connectivity index (χ0n) is 11.7. The molecule has 19 heavy (non-hydrogen) atoms. The Kier molecular flexibility index (Phi) is 2.97. The van der Waals surface area contributed by atoms with Crippen LogP contribution in [0.15, 0.2) is 6.07 Å². The Labute approximate surface area is 114 Å². The normalized spacial score (nSPS) is 23.6. The second kappa shape index (κ2) is 4.41. The second-order valence-corrected chi connectivity index (χ2v) is 5.84. The summed E-state index contributed by atoms with van der Waals surface area (Å²) in [5.41, 5.74) is 2.45. The zero-order valence-corrected chi connectivity index (χ0v) is 11.7. The summed E-state index contributed by atoms with van der Waals surface area (Å²) in [6.07, 6.45) is 4.91. The van der Waals surface area contributed by atoms with E-state index in [-0.39, 0.29) is 5.60 Å². The van der Waals surface area contributed by atoms with E-state index in [0.29, 0.717) is 12.2 Å². The van der Waals surface area contributed by atoms with Crippen molar-refractivity contribution < 1.29 is 14.9 Å². The number of fused-ring (bicyclic) bond motifs is 1. The minimum absolute atomic E-state index is 0.139. The van der Waals surface area contributed by atoms with Gasteiger partial charge in [0, 0.05) is 17.5 Å². The summed E-state index contributed by atoms with van der Waals surface area (Å²) in [6.45, 7) is 4.04. The molecule has 0 saturated heterocycles. The molecule has 104 valence electrons. The van der Waals surface area contributed by atoms with Gasteiger partial charge in [-0.25, -0.2) is 0 Å². The summed E-state index contributed by atoms with van der Waals surface area (Å²) in [5, 5.41) is 20.8. The van der Waals surface area contributed by atoms with E-state index in [9.17, 15) is 10.2 Å². The van der Waals surface area contributed by atoms with Crippen LogP contribution in [0.3, 0.4) is 0 Å². The Bertz CT molecular complexity index is 503. The highest BCUT2D eigenvalue weighted by atomic mass is 16.5. The summed E-state index contributed by atoms with van der Waals surface area (Å²) >= 11 is 0. The highest BCUT2D eigenvalue weighted by Gasteiger charge is 2.46. The Morgan fingerprint density at radius 3 is 2.58 bits per heavy atom. The Morgan fingerprint density at radius 2 is 2.05 bits per heavy atom. The van der Waals surface area contributed by atoms with Crippen LogP contribution in [0.25, 0.3) is 0 Å². The van der Waals surface area contributed by atoms with Crippen molar-refractivity contribution in [3.63, 3.8) is 0 Å². The molecule has 0 unspecified atom stereocenters. The fraction of sp³-hybridized carbons (Fsp3) is 0.625. The predicted molar refractivity (Wildman–Crippen MR) is 73.6 cm³/mol. The van der Waals surface area contributed by atoms with Crippen molar-refractivity contribution in [2.45, 2.75) is 64.1 Å². The number of ether oxygens (including phenoxy) is 1. The lowest BCUT2D eigenvalue weighted by Crippen LogP contribution is -2.47. The number of aliphatic hydroxyl groups excluding tert-OH is 1. The molecule has 1 aliphatic carbocycles. The molecule has 3 heteroatoms. The molecule has 1 spiro atoms. The van der Waals surface area contributed by atoms with E-state index in [2.05, 4.69) is 0 Å². The molecule has 2 aliphatic rings. The van der Waals surface area contributed by atoms with Gasteiger partial charge in [-0.15, -0.1) is 0 Å². The van der Waals surface area contributed by atoms with Crippen molar-refractivity contribution >= 4 is 0 Å². The first-order chi connectivity index (χ1) is 9.10. The Hall–Kier alpha value is -1.22. The standard InChI is InChI=1S/C16H22O3/c1-3-10-8-13-14(11(4-2)15(10)18)12(17)9-16(19-13)6-5-7-16/h8,12,17-18H,3-7,9H2,1-2H3/t12-/m0/s1. The molecule has 1 fully saturated rings.